The van der Waals surface area contributed by atoms with Crippen LogP contribution in [0, 0.1) is 0 Å². The predicted molar refractivity (Wildman–Crippen MR) is 63.5 cm³/mol. The Balaban J connectivity index is 3.07. The highest BCUT2D eigenvalue weighted by Gasteiger charge is 2.02. The van der Waals surface area contributed by atoms with Gasteiger partial charge in [-0.15, -0.1) is 0 Å². The Hall–Kier alpha value is -0.0400. The molecule has 1 N–H and O–H groups in total. The number of rotatable bonds is 10. The van der Waals surface area contributed by atoms with Gasteiger partial charge in [-0.2, -0.15) is 0 Å². The fourth-order valence-electron chi connectivity index (χ4n) is 1.76. The lowest BCUT2D eigenvalue weighted by Gasteiger charge is -2.09. The van der Waals surface area contributed by atoms with E-state index in [9.17, 15) is 5.11 Å². The first kappa shape index (κ1) is 14.0. The summed E-state index contributed by atoms with van der Waals surface area (Å²) in [6, 6.07) is 0. The molecule has 0 saturated carbocycles. The van der Waals surface area contributed by atoms with Crippen LogP contribution in [0.4, 0.5) is 0 Å². The van der Waals surface area contributed by atoms with Crippen molar-refractivity contribution in [3.8, 4) is 0 Å². The Labute approximate surface area is 89.9 Å². The molecule has 0 unspecified atom stereocenters. The Kier molecular flexibility index (Phi) is 11.0. The molecule has 0 aliphatic carbocycles. The Bertz CT molecular complexity index is 89.4. The molecule has 0 spiro atoms. The lowest BCUT2D eigenvalue weighted by atomic mass is 10.0. The van der Waals surface area contributed by atoms with Crippen molar-refractivity contribution in [1.29, 1.82) is 0 Å². The number of hydrogen-bond donors (Lipinski definition) is 1. The fraction of sp³-hybridized carbons (Fsp3) is 1.00. The largest absolute Gasteiger partial charge is 0.393 e. The predicted octanol–water partition coefficient (Wildman–Crippen LogP) is 4.29. The molecular weight excluding hydrogens is 172 g/mol. The highest BCUT2D eigenvalue weighted by molar-refractivity contribution is 4.56. The van der Waals surface area contributed by atoms with Gasteiger partial charge in [0, 0.05) is 0 Å². The summed E-state index contributed by atoms with van der Waals surface area (Å²) in [5.41, 5.74) is 0. The van der Waals surface area contributed by atoms with Crippen molar-refractivity contribution < 1.29 is 5.11 Å². The van der Waals surface area contributed by atoms with Crippen molar-refractivity contribution in [2.75, 3.05) is 0 Å². The minimum absolute atomic E-state index is 0.0243. The van der Waals surface area contributed by atoms with Gasteiger partial charge in [0.15, 0.2) is 0 Å². The molecule has 0 aromatic rings. The van der Waals surface area contributed by atoms with Crippen LogP contribution in [0.3, 0.4) is 0 Å². The van der Waals surface area contributed by atoms with Gasteiger partial charge in [-0.25, -0.2) is 0 Å². The summed E-state index contributed by atoms with van der Waals surface area (Å²) in [7, 11) is 0. The Morgan fingerprint density at radius 2 is 1.14 bits per heavy atom. The molecule has 1 heteroatoms. The van der Waals surface area contributed by atoms with E-state index in [1.54, 1.807) is 0 Å². The topological polar surface area (TPSA) is 20.2 Å². The second kappa shape index (κ2) is 11.0. The zero-order valence-corrected chi connectivity index (χ0v) is 10.1. The maximum Gasteiger partial charge on any atom is 0.0540 e. The van der Waals surface area contributed by atoms with Gasteiger partial charge >= 0.3 is 0 Å². The minimum atomic E-state index is -0.0243. The third-order valence-electron chi connectivity index (χ3n) is 2.78. The van der Waals surface area contributed by atoms with E-state index in [0.717, 1.165) is 12.8 Å². The smallest absolute Gasteiger partial charge is 0.0540 e. The molecule has 0 rings (SSSR count). The fourth-order valence-corrected chi connectivity index (χ4v) is 1.76. The van der Waals surface area contributed by atoms with Crippen LogP contribution in [0.25, 0.3) is 0 Å². The van der Waals surface area contributed by atoms with Gasteiger partial charge in [-0.3, -0.25) is 0 Å². The van der Waals surface area contributed by atoms with Crippen molar-refractivity contribution in [3.05, 3.63) is 0 Å². The molecule has 0 aromatic heterocycles. The molecule has 0 amide bonds. The first-order valence-corrected chi connectivity index (χ1v) is 6.49. The van der Waals surface area contributed by atoms with Crippen LogP contribution in [-0.2, 0) is 0 Å². The molecule has 0 aromatic carbocycles. The van der Waals surface area contributed by atoms with E-state index in [1.807, 2.05) is 0 Å². The van der Waals surface area contributed by atoms with E-state index in [-0.39, 0.29) is 6.10 Å². The van der Waals surface area contributed by atoms with E-state index >= 15 is 0 Å². The van der Waals surface area contributed by atoms with E-state index in [4.69, 9.17) is 0 Å². The first-order chi connectivity index (χ1) is 6.81. The van der Waals surface area contributed by atoms with Crippen LogP contribution in [-0.4, -0.2) is 11.2 Å². The number of aliphatic hydroxyl groups is 1. The Morgan fingerprint density at radius 3 is 1.50 bits per heavy atom. The SMILES string of the molecule is CCCCCCC(O)CCCCCC. The van der Waals surface area contributed by atoms with Crippen molar-refractivity contribution in [2.45, 2.75) is 84.2 Å². The van der Waals surface area contributed by atoms with Gasteiger partial charge in [0.25, 0.3) is 0 Å². The molecule has 0 bridgehead atoms. The summed E-state index contributed by atoms with van der Waals surface area (Å²) in [6.07, 6.45) is 12.2. The summed E-state index contributed by atoms with van der Waals surface area (Å²) < 4.78 is 0. The number of unbranched alkanes of at least 4 members (excludes halogenated alkanes) is 6. The zero-order chi connectivity index (χ0) is 10.6. The lowest BCUT2D eigenvalue weighted by Crippen LogP contribution is -2.05. The average Bonchev–Trinajstić information content (AvgIpc) is 2.19. The molecule has 0 aliphatic heterocycles. The van der Waals surface area contributed by atoms with E-state index in [0.29, 0.717) is 0 Å². The summed E-state index contributed by atoms with van der Waals surface area (Å²) in [5, 5.41) is 9.65. The maximum atomic E-state index is 9.65. The van der Waals surface area contributed by atoms with Crippen LogP contribution < -0.4 is 0 Å². The highest BCUT2D eigenvalue weighted by Crippen LogP contribution is 2.11. The molecule has 0 radical (unpaired) electrons. The summed E-state index contributed by atoms with van der Waals surface area (Å²) in [5.74, 6) is 0. The van der Waals surface area contributed by atoms with Crippen molar-refractivity contribution in [2.24, 2.45) is 0 Å². The van der Waals surface area contributed by atoms with Crippen molar-refractivity contribution in [1.82, 2.24) is 0 Å². The average molecular weight is 200 g/mol. The van der Waals surface area contributed by atoms with Crippen LogP contribution >= 0.6 is 0 Å². The molecule has 14 heavy (non-hydrogen) atoms. The van der Waals surface area contributed by atoms with Crippen LogP contribution in [0.1, 0.15) is 78.1 Å². The lowest BCUT2D eigenvalue weighted by molar-refractivity contribution is 0.147. The molecule has 86 valence electrons. The third-order valence-corrected chi connectivity index (χ3v) is 2.78. The normalized spacial score (nSPS) is 11.1. The van der Waals surface area contributed by atoms with Gasteiger partial charge in [0.1, 0.15) is 0 Å². The summed E-state index contributed by atoms with van der Waals surface area (Å²) in [4.78, 5) is 0. The molecule has 0 saturated heterocycles. The molecule has 0 fully saturated rings. The molecular formula is C13H28O. The van der Waals surface area contributed by atoms with Crippen LogP contribution in [0.15, 0.2) is 0 Å². The van der Waals surface area contributed by atoms with Crippen LogP contribution in [0.2, 0.25) is 0 Å². The molecule has 0 aliphatic rings. The minimum Gasteiger partial charge on any atom is -0.393 e. The highest BCUT2D eigenvalue weighted by atomic mass is 16.3. The van der Waals surface area contributed by atoms with Gasteiger partial charge in [-0.1, -0.05) is 65.2 Å². The van der Waals surface area contributed by atoms with Gasteiger partial charge in [0.2, 0.25) is 0 Å². The van der Waals surface area contributed by atoms with Gasteiger partial charge in [-0.05, 0) is 12.8 Å². The number of aliphatic hydroxyl groups excluding tert-OH is 1. The van der Waals surface area contributed by atoms with E-state index in [2.05, 4.69) is 13.8 Å². The third kappa shape index (κ3) is 10.0. The Morgan fingerprint density at radius 1 is 0.714 bits per heavy atom. The zero-order valence-electron chi connectivity index (χ0n) is 10.1. The van der Waals surface area contributed by atoms with E-state index < -0.39 is 0 Å². The first-order valence-electron chi connectivity index (χ1n) is 6.49. The monoisotopic (exact) mass is 200 g/mol. The van der Waals surface area contributed by atoms with Crippen molar-refractivity contribution >= 4 is 0 Å². The van der Waals surface area contributed by atoms with Gasteiger partial charge in [0.05, 0.1) is 6.10 Å². The van der Waals surface area contributed by atoms with Crippen molar-refractivity contribution in [3.63, 3.8) is 0 Å². The summed E-state index contributed by atoms with van der Waals surface area (Å²) >= 11 is 0. The van der Waals surface area contributed by atoms with E-state index in [1.165, 1.54) is 51.4 Å². The number of hydrogen-bond acceptors (Lipinski definition) is 1. The quantitative estimate of drug-likeness (QED) is 0.522. The second-order valence-electron chi connectivity index (χ2n) is 4.35. The molecule has 0 atom stereocenters. The van der Waals surface area contributed by atoms with Gasteiger partial charge < -0.3 is 5.11 Å². The molecule has 0 heterocycles. The second-order valence-corrected chi connectivity index (χ2v) is 4.35. The van der Waals surface area contributed by atoms with Crippen LogP contribution in [0.5, 0.6) is 0 Å². The standard InChI is InChI=1S/C13H28O/c1-3-5-7-9-11-13(14)12-10-8-6-4-2/h13-14H,3-12H2,1-2H3. The maximum absolute atomic E-state index is 9.65. The molecule has 1 nitrogen and oxygen atoms in total. The summed E-state index contributed by atoms with van der Waals surface area (Å²) in [6.45, 7) is 4.45.